The third-order valence-electron chi connectivity index (χ3n) is 2.66. The molecule has 0 atom stereocenters. The van der Waals surface area contributed by atoms with Crippen LogP contribution < -0.4 is 5.43 Å². The first-order chi connectivity index (χ1) is 10.6. The van der Waals surface area contributed by atoms with Crippen molar-refractivity contribution in [2.24, 2.45) is 5.10 Å². The molecule has 22 heavy (non-hydrogen) atoms. The van der Waals surface area contributed by atoms with Gasteiger partial charge in [0.05, 0.1) is 17.8 Å². The number of amides is 1. The van der Waals surface area contributed by atoms with Gasteiger partial charge in [-0.1, -0.05) is 12.1 Å². The Labute approximate surface area is 125 Å². The van der Waals surface area contributed by atoms with Crippen LogP contribution in [0.1, 0.15) is 22.5 Å². The topological polar surface area (TPSA) is 116 Å². The van der Waals surface area contributed by atoms with E-state index in [-0.39, 0.29) is 12.0 Å². The number of nitrogens with one attached hydrogen (secondary N) is 1. The minimum atomic E-state index is -0.994. The van der Waals surface area contributed by atoms with Crippen molar-refractivity contribution in [1.29, 1.82) is 5.26 Å². The lowest BCUT2D eigenvalue weighted by Gasteiger charge is -1.98. The first-order valence-corrected chi connectivity index (χ1v) is 6.22. The normalized spacial score (nSPS) is 10.3. The summed E-state index contributed by atoms with van der Waals surface area (Å²) in [5.74, 6) is -0.543. The second kappa shape index (κ2) is 6.85. The van der Waals surface area contributed by atoms with E-state index in [1.165, 1.54) is 18.3 Å². The van der Waals surface area contributed by atoms with Crippen LogP contribution in [0.2, 0.25) is 0 Å². The summed E-state index contributed by atoms with van der Waals surface area (Å²) in [6.45, 7) is 0. The zero-order valence-electron chi connectivity index (χ0n) is 11.3. The van der Waals surface area contributed by atoms with Crippen molar-refractivity contribution < 1.29 is 19.1 Å². The van der Waals surface area contributed by atoms with Crippen LogP contribution in [0.15, 0.2) is 45.9 Å². The number of nitrogens with zero attached hydrogens (tertiary/aromatic N) is 2. The van der Waals surface area contributed by atoms with Crippen LogP contribution in [-0.4, -0.2) is 23.2 Å². The second-order valence-corrected chi connectivity index (χ2v) is 4.21. The van der Waals surface area contributed by atoms with Crippen molar-refractivity contribution in [3.05, 3.63) is 47.7 Å². The number of hydrogen-bond acceptors (Lipinski definition) is 5. The second-order valence-electron chi connectivity index (χ2n) is 4.21. The van der Waals surface area contributed by atoms with Crippen molar-refractivity contribution in [3.8, 4) is 17.4 Å². The van der Waals surface area contributed by atoms with Crippen molar-refractivity contribution >= 4 is 18.1 Å². The number of hydrazone groups is 1. The molecule has 0 unspecified atom stereocenters. The first kappa shape index (κ1) is 15.0. The molecule has 2 rings (SSSR count). The number of aromatic carboxylic acids is 1. The number of rotatable bonds is 5. The zero-order valence-corrected chi connectivity index (χ0v) is 11.3. The monoisotopic (exact) mass is 297 g/mol. The van der Waals surface area contributed by atoms with E-state index in [1.54, 1.807) is 30.3 Å². The van der Waals surface area contributed by atoms with Crippen molar-refractivity contribution in [2.45, 2.75) is 6.42 Å². The van der Waals surface area contributed by atoms with Crippen LogP contribution in [0.25, 0.3) is 11.3 Å². The number of nitriles is 1. The highest BCUT2D eigenvalue weighted by atomic mass is 16.4. The maximum Gasteiger partial charge on any atom is 0.335 e. The van der Waals surface area contributed by atoms with E-state index in [4.69, 9.17) is 14.8 Å². The third-order valence-corrected chi connectivity index (χ3v) is 2.66. The predicted octanol–water partition coefficient (Wildman–Crippen LogP) is 2.01. The van der Waals surface area contributed by atoms with Gasteiger partial charge in [0.2, 0.25) is 0 Å². The molecule has 0 saturated heterocycles. The Morgan fingerprint density at radius 1 is 1.27 bits per heavy atom. The van der Waals surface area contributed by atoms with Gasteiger partial charge in [0.1, 0.15) is 17.9 Å². The molecule has 2 aromatic rings. The Hall–Kier alpha value is -3.40. The fraction of sp³-hybridized carbons (Fsp3) is 0.0667. The summed E-state index contributed by atoms with van der Waals surface area (Å²) in [6.07, 6.45) is 1.04. The lowest BCUT2D eigenvalue weighted by molar-refractivity contribution is -0.120. The van der Waals surface area contributed by atoms with E-state index < -0.39 is 11.9 Å². The molecule has 0 radical (unpaired) electrons. The molecule has 2 N–H and O–H groups in total. The number of carboxylic acids is 1. The summed E-state index contributed by atoms with van der Waals surface area (Å²) in [7, 11) is 0. The molecule has 1 amide bonds. The average molecular weight is 297 g/mol. The number of furan rings is 1. The molecule has 1 heterocycles. The maximum atomic E-state index is 11.0. The van der Waals surface area contributed by atoms with Gasteiger partial charge in [0.25, 0.3) is 5.91 Å². The van der Waals surface area contributed by atoms with Gasteiger partial charge in [0, 0.05) is 5.56 Å². The standard InChI is InChI=1S/C15H11N3O4/c16-8-7-14(19)18-17-9-12-5-6-13(22-12)10-1-3-11(4-2-10)15(20)21/h1-6,9H,7H2,(H,18,19)(H,20,21). The fourth-order valence-electron chi connectivity index (χ4n) is 1.63. The zero-order chi connectivity index (χ0) is 15.9. The summed E-state index contributed by atoms with van der Waals surface area (Å²) < 4.78 is 5.50. The summed E-state index contributed by atoms with van der Waals surface area (Å²) in [5.41, 5.74) is 3.10. The van der Waals surface area contributed by atoms with Crippen LogP contribution >= 0.6 is 0 Å². The Kier molecular flexibility index (Phi) is 4.67. The molecule has 1 aromatic carbocycles. The number of carbonyl (C=O) groups is 2. The molecule has 1 aromatic heterocycles. The highest BCUT2D eigenvalue weighted by Gasteiger charge is 2.06. The predicted molar refractivity (Wildman–Crippen MR) is 77.1 cm³/mol. The number of carboxylic acid groups (broad SMARTS) is 1. The molecular formula is C15H11N3O4. The highest BCUT2D eigenvalue weighted by Crippen LogP contribution is 2.22. The number of hydrogen-bond donors (Lipinski definition) is 2. The minimum Gasteiger partial charge on any atom is -0.478 e. The SMILES string of the molecule is N#CCC(=O)NN=Cc1ccc(-c2ccc(C(=O)O)cc2)o1. The Morgan fingerprint density at radius 3 is 2.64 bits per heavy atom. The Balaban J connectivity index is 2.05. The summed E-state index contributed by atoms with van der Waals surface area (Å²) >= 11 is 0. The van der Waals surface area contributed by atoms with Gasteiger partial charge < -0.3 is 9.52 Å². The number of carbonyl (C=O) groups excluding carboxylic acids is 1. The summed E-state index contributed by atoms with van der Waals surface area (Å²) in [6, 6.07) is 11.3. The molecule has 0 spiro atoms. The molecule has 0 saturated carbocycles. The van der Waals surface area contributed by atoms with Gasteiger partial charge in [-0.05, 0) is 24.3 Å². The van der Waals surface area contributed by atoms with Crippen LogP contribution in [-0.2, 0) is 4.79 Å². The maximum absolute atomic E-state index is 11.0. The molecule has 0 aliphatic carbocycles. The van der Waals surface area contributed by atoms with Crippen LogP contribution in [0.3, 0.4) is 0 Å². The van der Waals surface area contributed by atoms with E-state index in [9.17, 15) is 9.59 Å². The Morgan fingerprint density at radius 2 is 2.00 bits per heavy atom. The Bertz CT molecular complexity index is 754. The van der Waals surface area contributed by atoms with E-state index in [0.717, 1.165) is 5.56 Å². The lowest BCUT2D eigenvalue weighted by Crippen LogP contribution is -2.15. The molecule has 7 nitrogen and oxygen atoms in total. The molecule has 0 bridgehead atoms. The lowest BCUT2D eigenvalue weighted by atomic mass is 10.1. The van der Waals surface area contributed by atoms with E-state index in [0.29, 0.717) is 11.5 Å². The minimum absolute atomic E-state index is 0.192. The quantitative estimate of drug-likeness (QED) is 0.647. The van der Waals surface area contributed by atoms with Crippen molar-refractivity contribution in [3.63, 3.8) is 0 Å². The molecule has 0 aliphatic rings. The molecular weight excluding hydrogens is 286 g/mol. The van der Waals surface area contributed by atoms with Crippen LogP contribution in [0, 0.1) is 11.3 Å². The van der Waals surface area contributed by atoms with Gasteiger partial charge in [-0.25, -0.2) is 10.2 Å². The van der Waals surface area contributed by atoms with Crippen LogP contribution in [0.4, 0.5) is 0 Å². The largest absolute Gasteiger partial charge is 0.478 e. The summed E-state index contributed by atoms with van der Waals surface area (Å²) in [5, 5.41) is 20.8. The smallest absolute Gasteiger partial charge is 0.335 e. The van der Waals surface area contributed by atoms with Crippen molar-refractivity contribution in [2.75, 3.05) is 0 Å². The van der Waals surface area contributed by atoms with Gasteiger partial charge in [-0.3, -0.25) is 4.79 Å². The fourth-order valence-corrected chi connectivity index (χ4v) is 1.63. The van der Waals surface area contributed by atoms with Gasteiger partial charge in [-0.2, -0.15) is 10.4 Å². The van der Waals surface area contributed by atoms with Gasteiger partial charge in [0.15, 0.2) is 0 Å². The van der Waals surface area contributed by atoms with Gasteiger partial charge >= 0.3 is 5.97 Å². The third kappa shape index (κ3) is 3.80. The van der Waals surface area contributed by atoms with Crippen LogP contribution in [0.5, 0.6) is 0 Å². The first-order valence-electron chi connectivity index (χ1n) is 6.22. The van der Waals surface area contributed by atoms with Crippen molar-refractivity contribution in [1.82, 2.24) is 5.43 Å². The average Bonchev–Trinajstić information content (AvgIpc) is 2.96. The molecule has 7 heteroatoms. The molecule has 0 aliphatic heterocycles. The van der Waals surface area contributed by atoms with Gasteiger partial charge in [-0.15, -0.1) is 0 Å². The van der Waals surface area contributed by atoms with E-state index in [2.05, 4.69) is 10.5 Å². The van der Waals surface area contributed by atoms with E-state index in [1.807, 2.05) is 0 Å². The van der Waals surface area contributed by atoms with E-state index >= 15 is 0 Å². The highest BCUT2D eigenvalue weighted by molar-refractivity contribution is 5.88. The summed E-state index contributed by atoms with van der Waals surface area (Å²) in [4.78, 5) is 21.8. The molecule has 110 valence electrons. The number of benzene rings is 1. The molecule has 0 fully saturated rings.